The van der Waals surface area contributed by atoms with Gasteiger partial charge in [-0.3, -0.25) is 9.10 Å². The molecule has 3 aromatic carbocycles. The Labute approximate surface area is 201 Å². The van der Waals surface area contributed by atoms with Crippen LogP contribution >= 0.6 is 0 Å². The summed E-state index contributed by atoms with van der Waals surface area (Å²) in [5, 5.41) is 2.89. The molecule has 1 amide bonds. The predicted molar refractivity (Wildman–Crippen MR) is 133 cm³/mol. The Balaban J connectivity index is 1.94. The summed E-state index contributed by atoms with van der Waals surface area (Å²) in [5.41, 5.74) is 2.95. The minimum Gasteiger partial charge on any atom is -0.497 e. The quantitative estimate of drug-likeness (QED) is 0.489. The molecule has 7 nitrogen and oxygen atoms in total. The first kappa shape index (κ1) is 25.1. The van der Waals surface area contributed by atoms with Crippen LogP contribution in [-0.2, 0) is 14.8 Å². The Morgan fingerprint density at radius 3 is 2.12 bits per heavy atom. The lowest BCUT2D eigenvalue weighted by molar-refractivity contribution is -0.120. The number of hydrogen-bond donors (Lipinski definition) is 1. The number of carbonyl (C=O) groups is 1. The molecule has 0 fully saturated rings. The summed E-state index contributed by atoms with van der Waals surface area (Å²) >= 11 is 0. The number of rotatable bonds is 9. The Bertz CT molecular complexity index is 1240. The van der Waals surface area contributed by atoms with Gasteiger partial charge in [0.05, 0.1) is 30.8 Å². The van der Waals surface area contributed by atoms with Gasteiger partial charge in [-0.15, -0.1) is 0 Å². The number of methoxy groups -OCH3 is 2. The van der Waals surface area contributed by atoms with Gasteiger partial charge >= 0.3 is 0 Å². The topological polar surface area (TPSA) is 84.9 Å². The number of nitrogens with zero attached hydrogens (tertiary/aromatic N) is 1. The zero-order valence-electron chi connectivity index (χ0n) is 20.0. The van der Waals surface area contributed by atoms with Crippen LogP contribution in [0.15, 0.2) is 71.6 Å². The first-order valence-corrected chi connectivity index (χ1v) is 12.3. The Morgan fingerprint density at radius 1 is 0.912 bits per heavy atom. The third-order valence-electron chi connectivity index (χ3n) is 5.49. The lowest BCUT2D eigenvalue weighted by atomic mass is 10.1. The summed E-state index contributed by atoms with van der Waals surface area (Å²) < 4.78 is 39.0. The van der Waals surface area contributed by atoms with Crippen molar-refractivity contribution in [2.24, 2.45) is 0 Å². The van der Waals surface area contributed by atoms with Crippen molar-refractivity contribution in [3.63, 3.8) is 0 Å². The van der Waals surface area contributed by atoms with Crippen molar-refractivity contribution in [2.45, 2.75) is 31.7 Å². The fourth-order valence-corrected chi connectivity index (χ4v) is 4.95. The minimum atomic E-state index is -4.05. The molecule has 0 spiro atoms. The van der Waals surface area contributed by atoms with E-state index in [9.17, 15) is 13.2 Å². The van der Waals surface area contributed by atoms with E-state index in [0.29, 0.717) is 17.2 Å². The van der Waals surface area contributed by atoms with Gasteiger partial charge in [0.2, 0.25) is 5.91 Å². The zero-order chi connectivity index (χ0) is 24.9. The average molecular weight is 483 g/mol. The lowest BCUT2D eigenvalue weighted by Gasteiger charge is -2.27. The maximum absolute atomic E-state index is 13.7. The molecule has 0 bridgehead atoms. The number of benzene rings is 3. The summed E-state index contributed by atoms with van der Waals surface area (Å²) in [5.74, 6) is 0.629. The predicted octanol–water partition coefficient (Wildman–Crippen LogP) is 4.39. The molecule has 0 saturated carbocycles. The fourth-order valence-electron chi connectivity index (χ4n) is 3.53. The maximum atomic E-state index is 13.7. The van der Waals surface area contributed by atoms with E-state index in [-0.39, 0.29) is 10.9 Å². The highest BCUT2D eigenvalue weighted by atomic mass is 32.2. The third-order valence-corrected chi connectivity index (χ3v) is 7.27. The molecule has 34 heavy (non-hydrogen) atoms. The van der Waals surface area contributed by atoms with E-state index in [1.165, 1.54) is 19.2 Å². The summed E-state index contributed by atoms with van der Waals surface area (Å²) in [4.78, 5) is 13.2. The van der Waals surface area contributed by atoms with Gasteiger partial charge in [0.25, 0.3) is 10.0 Å². The number of aryl methyl sites for hydroxylation is 2. The summed E-state index contributed by atoms with van der Waals surface area (Å²) in [6, 6.07) is 18.7. The van der Waals surface area contributed by atoms with Gasteiger partial charge < -0.3 is 14.8 Å². The summed E-state index contributed by atoms with van der Waals surface area (Å²) in [6.07, 6.45) is 0. The van der Waals surface area contributed by atoms with Crippen LogP contribution in [-0.4, -0.2) is 35.1 Å². The van der Waals surface area contributed by atoms with Crippen LogP contribution in [0.5, 0.6) is 11.5 Å². The van der Waals surface area contributed by atoms with Gasteiger partial charge in [-0.05, 0) is 68.3 Å². The number of sulfonamides is 1. The van der Waals surface area contributed by atoms with Crippen molar-refractivity contribution >= 4 is 21.6 Å². The average Bonchev–Trinajstić information content (AvgIpc) is 2.82. The summed E-state index contributed by atoms with van der Waals surface area (Å²) in [6.45, 7) is 5.17. The number of anilines is 1. The number of amides is 1. The second-order valence-electron chi connectivity index (χ2n) is 8.06. The van der Waals surface area contributed by atoms with E-state index < -0.39 is 22.5 Å². The van der Waals surface area contributed by atoms with Crippen LogP contribution in [0.25, 0.3) is 0 Å². The van der Waals surface area contributed by atoms with Gasteiger partial charge in [-0.25, -0.2) is 8.42 Å². The van der Waals surface area contributed by atoms with Crippen LogP contribution in [0.4, 0.5) is 5.69 Å². The molecule has 1 unspecified atom stereocenters. The van der Waals surface area contributed by atoms with E-state index in [1.54, 1.807) is 31.4 Å². The molecule has 0 radical (unpaired) electrons. The monoisotopic (exact) mass is 482 g/mol. The molecule has 3 aromatic rings. The van der Waals surface area contributed by atoms with Crippen molar-refractivity contribution in [1.29, 1.82) is 0 Å². The summed E-state index contributed by atoms with van der Waals surface area (Å²) in [7, 11) is -0.994. The maximum Gasteiger partial charge on any atom is 0.264 e. The first-order valence-electron chi connectivity index (χ1n) is 10.8. The fraction of sp³-hybridized carbons (Fsp3) is 0.269. The van der Waals surface area contributed by atoms with Crippen molar-refractivity contribution in [2.75, 3.05) is 25.1 Å². The molecule has 180 valence electrons. The molecule has 1 atom stereocenters. The second kappa shape index (κ2) is 10.6. The molecular formula is C26H30N2O5S. The number of ether oxygens (including phenoxy) is 2. The van der Waals surface area contributed by atoms with E-state index >= 15 is 0 Å². The SMILES string of the molecule is COc1ccc(C(C)NC(=O)CN(c2cc(C)ccc2OC)S(=O)(=O)c2ccc(C)cc2)cc1. The molecule has 0 saturated heterocycles. The molecule has 0 heterocycles. The Hall–Kier alpha value is -3.52. The normalized spacial score (nSPS) is 12.0. The Kier molecular flexibility index (Phi) is 7.83. The molecular weight excluding hydrogens is 452 g/mol. The molecule has 8 heteroatoms. The highest BCUT2D eigenvalue weighted by Crippen LogP contribution is 2.33. The van der Waals surface area contributed by atoms with Crippen molar-refractivity contribution in [3.05, 3.63) is 83.4 Å². The van der Waals surface area contributed by atoms with Gasteiger partial charge in [-0.1, -0.05) is 35.9 Å². The van der Waals surface area contributed by atoms with Crippen LogP contribution < -0.4 is 19.1 Å². The number of carbonyl (C=O) groups excluding carboxylic acids is 1. The molecule has 3 rings (SSSR count). The molecule has 0 aliphatic heterocycles. The standard InChI is InChI=1S/C26H30N2O5S/c1-18-6-13-23(14-7-18)34(30,31)28(24-16-19(2)8-15-25(24)33-5)17-26(29)27-20(3)21-9-11-22(32-4)12-10-21/h6-16,20H,17H2,1-5H3,(H,27,29). The van der Waals surface area contributed by atoms with Crippen molar-refractivity contribution in [1.82, 2.24) is 5.32 Å². The molecule has 1 N–H and O–H groups in total. The van der Waals surface area contributed by atoms with Crippen molar-refractivity contribution in [3.8, 4) is 11.5 Å². The first-order chi connectivity index (χ1) is 16.1. The second-order valence-corrected chi connectivity index (χ2v) is 9.92. The van der Waals surface area contributed by atoms with Crippen molar-refractivity contribution < 1.29 is 22.7 Å². The zero-order valence-corrected chi connectivity index (χ0v) is 20.8. The Morgan fingerprint density at radius 2 is 1.53 bits per heavy atom. The van der Waals surface area contributed by atoms with Crippen LogP contribution in [0, 0.1) is 13.8 Å². The minimum absolute atomic E-state index is 0.0951. The molecule has 0 aliphatic carbocycles. The van der Waals surface area contributed by atoms with Crippen LogP contribution in [0.2, 0.25) is 0 Å². The largest absolute Gasteiger partial charge is 0.497 e. The van der Waals surface area contributed by atoms with Gasteiger partial charge in [0.1, 0.15) is 18.0 Å². The van der Waals surface area contributed by atoms with Crippen LogP contribution in [0.3, 0.4) is 0 Å². The van der Waals surface area contributed by atoms with Gasteiger partial charge in [-0.2, -0.15) is 0 Å². The highest BCUT2D eigenvalue weighted by molar-refractivity contribution is 7.92. The number of hydrogen-bond acceptors (Lipinski definition) is 5. The van der Waals surface area contributed by atoms with Gasteiger partial charge in [0, 0.05) is 0 Å². The van der Waals surface area contributed by atoms with E-state index in [1.807, 2.05) is 51.1 Å². The van der Waals surface area contributed by atoms with Gasteiger partial charge in [0.15, 0.2) is 0 Å². The highest BCUT2D eigenvalue weighted by Gasteiger charge is 2.30. The van der Waals surface area contributed by atoms with Crippen LogP contribution in [0.1, 0.15) is 29.7 Å². The van der Waals surface area contributed by atoms with E-state index in [4.69, 9.17) is 9.47 Å². The number of nitrogens with one attached hydrogen (secondary N) is 1. The molecule has 0 aliphatic rings. The smallest absolute Gasteiger partial charge is 0.264 e. The van der Waals surface area contributed by atoms with E-state index in [0.717, 1.165) is 21.0 Å². The van der Waals surface area contributed by atoms with E-state index in [2.05, 4.69) is 5.32 Å². The third kappa shape index (κ3) is 5.69. The lowest BCUT2D eigenvalue weighted by Crippen LogP contribution is -2.41. The molecule has 0 aromatic heterocycles.